The fourth-order valence-corrected chi connectivity index (χ4v) is 5.81. The zero-order chi connectivity index (χ0) is 29.2. The minimum atomic E-state index is -0.951. The smallest absolute Gasteiger partial charge is 0.334 e. The molecule has 0 saturated carbocycles. The van der Waals surface area contributed by atoms with E-state index < -0.39 is 5.97 Å². The molecular weight excluding hydrogens is 526 g/mol. The van der Waals surface area contributed by atoms with Crippen molar-refractivity contribution in [3.63, 3.8) is 0 Å². The Morgan fingerprint density at radius 2 is 1.65 bits per heavy atom. The van der Waals surface area contributed by atoms with E-state index in [1.54, 1.807) is 42.1 Å². The largest absolute Gasteiger partial charge is 0.478 e. The van der Waals surface area contributed by atoms with Crippen molar-refractivity contribution < 1.29 is 18.7 Å². The topological polar surface area (TPSA) is 66.6 Å². The van der Waals surface area contributed by atoms with E-state index in [1.165, 1.54) is 75.6 Å². The lowest BCUT2D eigenvalue weighted by atomic mass is 10.1. The van der Waals surface area contributed by atoms with Crippen LogP contribution in [0.4, 0.5) is 8.78 Å². The summed E-state index contributed by atoms with van der Waals surface area (Å²) < 4.78 is 26.6. The molecule has 0 amide bonds. The van der Waals surface area contributed by atoms with E-state index >= 15 is 0 Å². The zero-order valence-electron chi connectivity index (χ0n) is 24.0. The Hall–Kier alpha value is -2.64. The average molecular weight is 573 g/mol. The Labute approximate surface area is 243 Å². The quantitative estimate of drug-likeness (QED) is 0.198. The van der Waals surface area contributed by atoms with E-state index in [-0.39, 0.29) is 22.3 Å². The van der Waals surface area contributed by atoms with Gasteiger partial charge in [0.05, 0.1) is 5.57 Å². The summed E-state index contributed by atoms with van der Waals surface area (Å²) >= 11 is 1.57. The Bertz CT molecular complexity index is 1050. The van der Waals surface area contributed by atoms with Crippen molar-refractivity contribution in [3.05, 3.63) is 95.2 Å². The number of rotatable bonds is 16. The van der Waals surface area contributed by atoms with Crippen LogP contribution in [0.2, 0.25) is 0 Å². The van der Waals surface area contributed by atoms with Crippen molar-refractivity contribution in [1.29, 1.82) is 0 Å². The van der Waals surface area contributed by atoms with Crippen molar-refractivity contribution in [2.75, 3.05) is 6.54 Å². The summed E-state index contributed by atoms with van der Waals surface area (Å²) in [6, 6.07) is 12.8. The summed E-state index contributed by atoms with van der Waals surface area (Å²) in [5.41, 5.74) is 7.54. The molecule has 4 nitrogen and oxygen atoms in total. The van der Waals surface area contributed by atoms with Crippen molar-refractivity contribution in [2.45, 2.75) is 95.2 Å². The van der Waals surface area contributed by atoms with Crippen molar-refractivity contribution in [2.24, 2.45) is 5.73 Å². The first-order valence-electron chi connectivity index (χ1n) is 14.6. The monoisotopic (exact) mass is 572 g/mol. The van der Waals surface area contributed by atoms with Gasteiger partial charge in [-0.15, -0.1) is 11.8 Å². The van der Waals surface area contributed by atoms with Crippen LogP contribution in [0.3, 0.4) is 0 Å². The fourth-order valence-electron chi connectivity index (χ4n) is 4.49. The summed E-state index contributed by atoms with van der Waals surface area (Å²) in [6.45, 7) is 5.66. The summed E-state index contributed by atoms with van der Waals surface area (Å²) in [4.78, 5) is 13.7. The van der Waals surface area contributed by atoms with E-state index in [2.05, 4.69) is 13.8 Å². The van der Waals surface area contributed by atoms with E-state index in [0.29, 0.717) is 12.1 Å². The number of nitrogens with zero attached hydrogens (tertiary/aromatic N) is 1. The molecule has 2 unspecified atom stereocenters. The molecule has 1 aliphatic rings. The molecular formula is C33H46F2N2O2S. The lowest BCUT2D eigenvalue weighted by Crippen LogP contribution is -2.35. The van der Waals surface area contributed by atoms with Gasteiger partial charge in [-0.3, -0.25) is 0 Å². The minimum Gasteiger partial charge on any atom is -0.478 e. The van der Waals surface area contributed by atoms with Gasteiger partial charge in [-0.2, -0.15) is 0 Å². The number of aryl methyl sites for hydroxylation is 1. The third-order valence-corrected chi connectivity index (χ3v) is 8.28. The second-order valence-electron chi connectivity index (χ2n) is 10.3. The van der Waals surface area contributed by atoms with E-state index in [0.717, 1.165) is 30.5 Å². The molecule has 220 valence electrons. The van der Waals surface area contributed by atoms with Crippen LogP contribution < -0.4 is 5.73 Å². The van der Waals surface area contributed by atoms with Crippen LogP contribution in [0.5, 0.6) is 0 Å². The highest BCUT2D eigenvalue weighted by atomic mass is 32.2. The van der Waals surface area contributed by atoms with Gasteiger partial charge in [0.25, 0.3) is 0 Å². The van der Waals surface area contributed by atoms with Crippen LogP contribution in [-0.2, 0) is 17.8 Å². The summed E-state index contributed by atoms with van der Waals surface area (Å²) in [5, 5.41) is 9.45. The number of benzene rings is 2. The Kier molecular flexibility index (Phi) is 16.3. The number of halogens is 2. The molecule has 0 saturated heterocycles. The van der Waals surface area contributed by atoms with Gasteiger partial charge in [0.2, 0.25) is 0 Å². The molecule has 7 heteroatoms. The third kappa shape index (κ3) is 13.1. The van der Waals surface area contributed by atoms with Gasteiger partial charge in [0.1, 0.15) is 17.0 Å². The molecule has 0 radical (unpaired) electrons. The molecule has 1 aliphatic heterocycles. The van der Waals surface area contributed by atoms with Crippen LogP contribution in [0.15, 0.2) is 72.5 Å². The number of aliphatic carboxylic acids is 1. The van der Waals surface area contributed by atoms with Gasteiger partial charge < -0.3 is 15.7 Å². The lowest BCUT2D eigenvalue weighted by Gasteiger charge is -2.34. The van der Waals surface area contributed by atoms with Crippen LogP contribution in [0, 0.1) is 11.6 Å². The Balaban J connectivity index is 0.000000432. The van der Waals surface area contributed by atoms with Crippen LogP contribution in [-0.4, -0.2) is 33.1 Å². The first-order valence-corrected chi connectivity index (χ1v) is 15.5. The molecule has 2 aromatic carbocycles. The van der Waals surface area contributed by atoms with E-state index in [4.69, 9.17) is 5.73 Å². The van der Waals surface area contributed by atoms with Gasteiger partial charge in [0.15, 0.2) is 0 Å². The highest BCUT2D eigenvalue weighted by molar-refractivity contribution is 8.00. The molecule has 2 atom stereocenters. The average Bonchev–Trinajstić information content (AvgIpc) is 2.94. The maximum absolute atomic E-state index is 13.4. The molecule has 0 fully saturated rings. The van der Waals surface area contributed by atoms with Crippen molar-refractivity contribution in [1.82, 2.24) is 4.90 Å². The maximum Gasteiger partial charge on any atom is 0.334 e. The summed E-state index contributed by atoms with van der Waals surface area (Å²) in [6.07, 6.45) is 17.7. The number of carboxylic acids is 1. The minimum absolute atomic E-state index is 0.160. The summed E-state index contributed by atoms with van der Waals surface area (Å²) in [7, 11) is 0. The summed E-state index contributed by atoms with van der Waals surface area (Å²) in [5.74, 6) is -1.50. The molecule has 40 heavy (non-hydrogen) atoms. The van der Waals surface area contributed by atoms with Gasteiger partial charge >= 0.3 is 5.97 Å². The molecule has 2 aromatic rings. The van der Waals surface area contributed by atoms with Gasteiger partial charge in [-0.05, 0) is 73.4 Å². The standard InChI is InChI=1S/C23H23F2NO2S.C10H23N/c1-16(7-8-17-4-2-5-20(25)14-17)29-22-21(23(27)28)6-3-13-26(22)15-18-9-11-19(24)12-10-18;1-2-3-4-5-6-7-8-9-10-11/h2-6,9-14,16,22H,7-8,15H2,1H3,(H,27,28);2-11H2,1H3. The number of carboxylic acid groups (broad SMARTS) is 1. The second kappa shape index (κ2) is 19.4. The van der Waals surface area contributed by atoms with Crippen LogP contribution in [0.25, 0.3) is 0 Å². The van der Waals surface area contributed by atoms with E-state index in [9.17, 15) is 18.7 Å². The molecule has 0 aromatic heterocycles. The normalized spacial score (nSPS) is 15.3. The first kappa shape index (κ1) is 33.6. The van der Waals surface area contributed by atoms with E-state index in [1.807, 2.05) is 17.2 Å². The Morgan fingerprint density at radius 3 is 2.27 bits per heavy atom. The third-order valence-electron chi connectivity index (χ3n) is 6.79. The number of unbranched alkanes of at least 4 members (excludes halogenated alkanes) is 7. The lowest BCUT2D eigenvalue weighted by molar-refractivity contribution is -0.133. The molecule has 3 rings (SSSR count). The predicted molar refractivity (Wildman–Crippen MR) is 164 cm³/mol. The number of nitrogens with two attached hydrogens (primary N) is 1. The maximum atomic E-state index is 13.4. The molecule has 0 spiro atoms. The number of thioether (sulfide) groups is 1. The number of allylic oxidation sites excluding steroid dienone is 2. The van der Waals surface area contributed by atoms with Crippen molar-refractivity contribution >= 4 is 17.7 Å². The zero-order valence-corrected chi connectivity index (χ0v) is 24.9. The van der Waals surface area contributed by atoms with Crippen molar-refractivity contribution in [3.8, 4) is 0 Å². The predicted octanol–water partition coefficient (Wildman–Crippen LogP) is 8.47. The van der Waals surface area contributed by atoms with Crippen LogP contribution >= 0.6 is 11.8 Å². The second-order valence-corrected chi connectivity index (χ2v) is 11.8. The highest BCUT2D eigenvalue weighted by Gasteiger charge is 2.29. The number of carbonyl (C=O) groups is 1. The molecule has 0 bridgehead atoms. The van der Waals surface area contributed by atoms with Gasteiger partial charge in [-0.25, -0.2) is 13.6 Å². The fraction of sp³-hybridized carbons (Fsp3) is 0.485. The molecule has 3 N–H and O–H groups in total. The van der Waals surface area contributed by atoms with Gasteiger partial charge in [0, 0.05) is 18.0 Å². The van der Waals surface area contributed by atoms with Gasteiger partial charge in [-0.1, -0.05) is 83.1 Å². The Morgan fingerprint density at radius 1 is 0.975 bits per heavy atom. The molecule has 1 heterocycles. The molecule has 0 aliphatic carbocycles. The highest BCUT2D eigenvalue weighted by Crippen LogP contribution is 2.33. The number of hydrogen-bond donors (Lipinski definition) is 2. The van der Waals surface area contributed by atoms with Crippen LogP contribution in [0.1, 0.15) is 82.8 Å². The first-order chi connectivity index (χ1) is 19.3. The number of hydrogen-bond acceptors (Lipinski definition) is 4. The SMILES string of the molecule is CC(CCc1cccc(F)c1)SC1C(C(=O)O)=CC=CN1Cc1ccc(F)cc1.CCCCCCCCCCN.